The summed E-state index contributed by atoms with van der Waals surface area (Å²) < 4.78 is 10.6. The Morgan fingerprint density at radius 2 is 2.19 bits per heavy atom. The number of ether oxygens (including phenoxy) is 2. The van der Waals surface area contributed by atoms with Crippen molar-refractivity contribution in [2.75, 3.05) is 19.8 Å². The van der Waals surface area contributed by atoms with Gasteiger partial charge in [0.1, 0.15) is 5.75 Å². The molecule has 0 bridgehead atoms. The molecule has 0 aliphatic heterocycles. The zero-order valence-corrected chi connectivity index (χ0v) is 9.98. The summed E-state index contributed by atoms with van der Waals surface area (Å²) >= 11 is 0. The van der Waals surface area contributed by atoms with Crippen molar-refractivity contribution >= 4 is 0 Å². The van der Waals surface area contributed by atoms with E-state index in [4.69, 9.17) is 9.47 Å². The molecule has 1 aromatic carbocycles. The molecule has 0 amide bonds. The molecule has 0 aliphatic rings. The fourth-order valence-electron chi connectivity index (χ4n) is 1.36. The molecule has 1 N–H and O–H groups in total. The van der Waals surface area contributed by atoms with Crippen LogP contribution in [0.5, 0.6) is 5.75 Å². The van der Waals surface area contributed by atoms with Gasteiger partial charge in [-0.3, -0.25) is 0 Å². The number of aliphatic hydroxyl groups is 1. The lowest BCUT2D eigenvalue weighted by atomic mass is 10.2. The summed E-state index contributed by atoms with van der Waals surface area (Å²) in [7, 11) is 0. The normalized spacial score (nSPS) is 12.4. The van der Waals surface area contributed by atoms with Gasteiger partial charge in [0.2, 0.25) is 0 Å². The van der Waals surface area contributed by atoms with E-state index in [-0.39, 0.29) is 0 Å². The molecule has 0 radical (unpaired) electrons. The van der Waals surface area contributed by atoms with Crippen molar-refractivity contribution in [3.8, 4) is 5.75 Å². The van der Waals surface area contributed by atoms with Crippen LogP contribution >= 0.6 is 0 Å². The Labute approximate surface area is 97.0 Å². The van der Waals surface area contributed by atoms with E-state index in [1.54, 1.807) is 0 Å². The van der Waals surface area contributed by atoms with Crippen molar-refractivity contribution in [3.63, 3.8) is 0 Å². The standard InChI is InChI=1S/C13H20O3/c1-3-15-10-12(14)7-8-16-13-6-4-5-11(2)9-13/h4-6,9,12,14H,3,7-8,10H2,1-2H3. The van der Waals surface area contributed by atoms with Crippen LogP contribution in [0.2, 0.25) is 0 Å². The van der Waals surface area contributed by atoms with Gasteiger partial charge < -0.3 is 14.6 Å². The highest BCUT2D eigenvalue weighted by atomic mass is 16.5. The molecule has 1 unspecified atom stereocenters. The highest BCUT2D eigenvalue weighted by Gasteiger charge is 2.04. The maximum absolute atomic E-state index is 9.51. The third-order valence-corrected chi connectivity index (χ3v) is 2.22. The molecule has 90 valence electrons. The van der Waals surface area contributed by atoms with E-state index in [1.165, 1.54) is 5.56 Å². The van der Waals surface area contributed by atoms with Crippen molar-refractivity contribution in [2.24, 2.45) is 0 Å². The van der Waals surface area contributed by atoms with Crippen molar-refractivity contribution in [3.05, 3.63) is 29.8 Å². The first kappa shape index (κ1) is 13.0. The van der Waals surface area contributed by atoms with Crippen LogP contribution in [0, 0.1) is 6.92 Å². The molecule has 0 heterocycles. The molecule has 1 aromatic rings. The zero-order valence-electron chi connectivity index (χ0n) is 9.98. The average molecular weight is 224 g/mol. The molecule has 0 aliphatic carbocycles. The lowest BCUT2D eigenvalue weighted by Gasteiger charge is -2.11. The van der Waals surface area contributed by atoms with Gasteiger partial charge in [-0.05, 0) is 31.5 Å². The maximum atomic E-state index is 9.51. The molecule has 1 atom stereocenters. The largest absolute Gasteiger partial charge is 0.493 e. The Kier molecular flexibility index (Phi) is 5.90. The third kappa shape index (κ3) is 5.14. The van der Waals surface area contributed by atoms with Crippen LogP contribution in [0.25, 0.3) is 0 Å². The molecule has 0 aromatic heterocycles. The molecule has 0 fully saturated rings. The molecule has 0 saturated heterocycles. The van der Waals surface area contributed by atoms with Gasteiger partial charge in [0.25, 0.3) is 0 Å². The lowest BCUT2D eigenvalue weighted by Crippen LogP contribution is -2.18. The molecule has 1 rings (SSSR count). The van der Waals surface area contributed by atoms with Crippen LogP contribution in [0.3, 0.4) is 0 Å². The van der Waals surface area contributed by atoms with Gasteiger partial charge in [0, 0.05) is 13.0 Å². The smallest absolute Gasteiger partial charge is 0.119 e. The molecule has 3 nitrogen and oxygen atoms in total. The summed E-state index contributed by atoms with van der Waals surface area (Å²) in [5, 5.41) is 9.51. The van der Waals surface area contributed by atoms with Crippen LogP contribution in [0.1, 0.15) is 18.9 Å². The molecule has 16 heavy (non-hydrogen) atoms. The summed E-state index contributed by atoms with van der Waals surface area (Å²) in [6.45, 7) is 5.47. The van der Waals surface area contributed by atoms with E-state index < -0.39 is 6.10 Å². The zero-order chi connectivity index (χ0) is 11.8. The second-order valence-corrected chi connectivity index (χ2v) is 3.77. The second kappa shape index (κ2) is 7.25. The molecular formula is C13H20O3. The Bertz CT molecular complexity index is 299. The van der Waals surface area contributed by atoms with Gasteiger partial charge in [0.05, 0.1) is 19.3 Å². The first-order valence-electron chi connectivity index (χ1n) is 5.67. The van der Waals surface area contributed by atoms with E-state index in [0.717, 1.165) is 5.75 Å². The maximum Gasteiger partial charge on any atom is 0.119 e. The summed E-state index contributed by atoms with van der Waals surface area (Å²) in [5.41, 5.74) is 1.17. The number of aryl methyl sites for hydroxylation is 1. The van der Waals surface area contributed by atoms with Gasteiger partial charge in [0.15, 0.2) is 0 Å². The first-order valence-corrected chi connectivity index (χ1v) is 5.67. The predicted octanol–water partition coefficient (Wildman–Crippen LogP) is 2.16. The predicted molar refractivity (Wildman–Crippen MR) is 63.8 cm³/mol. The Hall–Kier alpha value is -1.06. The van der Waals surface area contributed by atoms with Crippen molar-refractivity contribution in [1.82, 2.24) is 0 Å². The topological polar surface area (TPSA) is 38.7 Å². The quantitative estimate of drug-likeness (QED) is 0.771. The molecule has 0 spiro atoms. The van der Waals surface area contributed by atoms with E-state index >= 15 is 0 Å². The molecule has 0 saturated carbocycles. The first-order chi connectivity index (χ1) is 7.72. The Morgan fingerprint density at radius 3 is 2.88 bits per heavy atom. The minimum absolute atomic E-state index is 0.383. The summed E-state index contributed by atoms with van der Waals surface area (Å²) in [4.78, 5) is 0. The van der Waals surface area contributed by atoms with Gasteiger partial charge in [-0.15, -0.1) is 0 Å². The van der Waals surface area contributed by atoms with Gasteiger partial charge >= 0.3 is 0 Å². The fourth-order valence-corrected chi connectivity index (χ4v) is 1.36. The lowest BCUT2D eigenvalue weighted by molar-refractivity contribution is 0.0310. The van der Waals surface area contributed by atoms with Crippen molar-refractivity contribution in [1.29, 1.82) is 0 Å². The Morgan fingerprint density at radius 1 is 1.38 bits per heavy atom. The molecule has 3 heteroatoms. The summed E-state index contributed by atoms with van der Waals surface area (Å²) in [6, 6.07) is 7.88. The number of aliphatic hydroxyl groups excluding tert-OH is 1. The van der Waals surface area contributed by atoms with Gasteiger partial charge in [-0.25, -0.2) is 0 Å². The number of hydrogen-bond donors (Lipinski definition) is 1. The SMILES string of the molecule is CCOCC(O)CCOc1cccc(C)c1. The monoisotopic (exact) mass is 224 g/mol. The highest BCUT2D eigenvalue weighted by Crippen LogP contribution is 2.12. The van der Waals surface area contributed by atoms with E-state index in [2.05, 4.69) is 0 Å². The minimum atomic E-state index is -0.440. The van der Waals surface area contributed by atoms with Crippen LogP contribution < -0.4 is 4.74 Å². The van der Waals surface area contributed by atoms with Crippen LogP contribution in [-0.2, 0) is 4.74 Å². The number of benzene rings is 1. The minimum Gasteiger partial charge on any atom is -0.493 e. The number of rotatable bonds is 7. The van der Waals surface area contributed by atoms with Gasteiger partial charge in [-0.2, -0.15) is 0 Å². The van der Waals surface area contributed by atoms with Crippen LogP contribution in [0.4, 0.5) is 0 Å². The average Bonchev–Trinajstić information content (AvgIpc) is 2.26. The fraction of sp³-hybridized carbons (Fsp3) is 0.538. The van der Waals surface area contributed by atoms with E-state index in [1.807, 2.05) is 38.1 Å². The second-order valence-electron chi connectivity index (χ2n) is 3.77. The highest BCUT2D eigenvalue weighted by molar-refractivity contribution is 5.27. The third-order valence-electron chi connectivity index (χ3n) is 2.22. The summed E-state index contributed by atoms with van der Waals surface area (Å²) in [6.07, 6.45) is 0.151. The summed E-state index contributed by atoms with van der Waals surface area (Å²) in [5.74, 6) is 0.851. The number of hydrogen-bond acceptors (Lipinski definition) is 3. The van der Waals surface area contributed by atoms with E-state index in [9.17, 15) is 5.11 Å². The van der Waals surface area contributed by atoms with Crippen LogP contribution in [-0.4, -0.2) is 31.0 Å². The van der Waals surface area contributed by atoms with E-state index in [0.29, 0.717) is 26.2 Å². The van der Waals surface area contributed by atoms with Gasteiger partial charge in [-0.1, -0.05) is 12.1 Å². The van der Waals surface area contributed by atoms with Crippen molar-refractivity contribution in [2.45, 2.75) is 26.4 Å². The molecular weight excluding hydrogens is 204 g/mol. The Balaban J connectivity index is 2.20. The van der Waals surface area contributed by atoms with Crippen LogP contribution in [0.15, 0.2) is 24.3 Å². The van der Waals surface area contributed by atoms with Crippen molar-refractivity contribution < 1.29 is 14.6 Å².